The monoisotopic (exact) mass is 434 g/mol. The minimum absolute atomic E-state index is 0.0554. The second-order valence-electron chi connectivity index (χ2n) is 6.91. The molecule has 0 radical (unpaired) electrons. The van der Waals surface area contributed by atoms with Gasteiger partial charge in [0, 0.05) is 29.2 Å². The van der Waals surface area contributed by atoms with Crippen molar-refractivity contribution in [3.63, 3.8) is 0 Å². The second kappa shape index (κ2) is 9.28. The Morgan fingerprint density at radius 2 is 1.97 bits per heavy atom. The minimum atomic E-state index is -0.0554. The number of aryl methyl sites for hydroxylation is 1. The number of para-hydroxylation sites is 1. The highest BCUT2D eigenvalue weighted by molar-refractivity contribution is 7.98. The van der Waals surface area contributed by atoms with Crippen molar-refractivity contribution < 1.29 is 4.79 Å². The van der Waals surface area contributed by atoms with E-state index in [-0.39, 0.29) is 12.3 Å². The normalized spacial score (nSPS) is 10.9. The molecule has 4 aromatic rings. The lowest BCUT2D eigenvalue weighted by atomic mass is 10.1. The van der Waals surface area contributed by atoms with Crippen LogP contribution in [-0.4, -0.2) is 20.4 Å². The van der Waals surface area contributed by atoms with Crippen molar-refractivity contribution in [3.8, 4) is 5.69 Å². The SMILES string of the molecule is Cc1cccc(-n2ccnc2SCc2csc(CC(=O)Nc3ccccc3)n2)c1C. The summed E-state index contributed by atoms with van der Waals surface area (Å²) in [7, 11) is 0. The predicted octanol–water partition coefficient (Wildman–Crippen LogP) is 5.42. The lowest BCUT2D eigenvalue weighted by Gasteiger charge is -2.12. The van der Waals surface area contributed by atoms with Crippen LogP contribution in [0.15, 0.2) is 71.5 Å². The summed E-state index contributed by atoms with van der Waals surface area (Å²) in [4.78, 5) is 21.4. The summed E-state index contributed by atoms with van der Waals surface area (Å²) in [6, 6.07) is 15.8. The van der Waals surface area contributed by atoms with Gasteiger partial charge in [-0.15, -0.1) is 11.3 Å². The number of hydrogen-bond acceptors (Lipinski definition) is 5. The molecule has 0 bridgehead atoms. The third kappa shape index (κ3) is 4.80. The Bertz CT molecular complexity index is 1150. The number of hydrogen-bond donors (Lipinski definition) is 1. The van der Waals surface area contributed by atoms with Crippen molar-refractivity contribution in [2.24, 2.45) is 0 Å². The van der Waals surface area contributed by atoms with Crippen molar-refractivity contribution in [2.75, 3.05) is 5.32 Å². The molecule has 0 saturated heterocycles. The molecule has 0 aliphatic heterocycles. The molecule has 0 unspecified atom stereocenters. The molecule has 0 fully saturated rings. The third-order valence-corrected chi connectivity index (χ3v) is 6.66. The molecule has 2 aromatic heterocycles. The summed E-state index contributed by atoms with van der Waals surface area (Å²) >= 11 is 3.16. The highest BCUT2D eigenvalue weighted by Gasteiger charge is 2.12. The number of carbonyl (C=O) groups excluding carboxylic acids is 1. The number of nitrogens with one attached hydrogen (secondary N) is 1. The van der Waals surface area contributed by atoms with E-state index in [1.165, 1.54) is 22.5 Å². The van der Waals surface area contributed by atoms with Crippen LogP contribution in [-0.2, 0) is 17.0 Å². The number of imidazole rings is 1. The van der Waals surface area contributed by atoms with E-state index in [4.69, 9.17) is 0 Å². The Kier molecular flexibility index (Phi) is 6.30. The van der Waals surface area contributed by atoms with Crippen LogP contribution in [0.4, 0.5) is 5.69 Å². The van der Waals surface area contributed by atoms with Gasteiger partial charge in [-0.1, -0.05) is 42.1 Å². The van der Waals surface area contributed by atoms with E-state index in [0.29, 0.717) is 5.75 Å². The van der Waals surface area contributed by atoms with Crippen molar-refractivity contribution >= 4 is 34.7 Å². The van der Waals surface area contributed by atoms with Gasteiger partial charge in [0.1, 0.15) is 5.01 Å². The zero-order valence-electron chi connectivity index (χ0n) is 16.8. The minimum Gasteiger partial charge on any atom is -0.326 e. The van der Waals surface area contributed by atoms with E-state index in [2.05, 4.69) is 51.9 Å². The van der Waals surface area contributed by atoms with E-state index in [9.17, 15) is 4.79 Å². The highest BCUT2D eigenvalue weighted by Crippen LogP contribution is 2.27. The lowest BCUT2D eigenvalue weighted by Crippen LogP contribution is -2.14. The van der Waals surface area contributed by atoms with Crippen molar-refractivity contribution in [2.45, 2.75) is 31.2 Å². The van der Waals surface area contributed by atoms with Crippen LogP contribution >= 0.6 is 23.1 Å². The van der Waals surface area contributed by atoms with Crippen molar-refractivity contribution in [1.82, 2.24) is 14.5 Å². The summed E-state index contributed by atoms with van der Waals surface area (Å²) < 4.78 is 2.12. The molecule has 30 heavy (non-hydrogen) atoms. The maximum absolute atomic E-state index is 12.2. The lowest BCUT2D eigenvalue weighted by molar-refractivity contribution is -0.115. The van der Waals surface area contributed by atoms with Gasteiger partial charge < -0.3 is 5.32 Å². The van der Waals surface area contributed by atoms with Crippen LogP contribution < -0.4 is 5.32 Å². The Hall–Kier alpha value is -2.90. The molecule has 1 N–H and O–H groups in total. The number of rotatable bonds is 7. The summed E-state index contributed by atoms with van der Waals surface area (Å²) in [5.74, 6) is 0.652. The van der Waals surface area contributed by atoms with Crippen LogP contribution in [0.3, 0.4) is 0 Å². The molecule has 0 spiro atoms. The Balaban J connectivity index is 1.38. The molecular weight excluding hydrogens is 412 g/mol. The van der Waals surface area contributed by atoms with Gasteiger partial charge in [0.25, 0.3) is 0 Å². The molecule has 2 aromatic carbocycles. The largest absolute Gasteiger partial charge is 0.326 e. The first kappa shape index (κ1) is 20.4. The molecule has 0 aliphatic rings. The average Bonchev–Trinajstić information content (AvgIpc) is 3.38. The highest BCUT2D eigenvalue weighted by atomic mass is 32.2. The quantitative estimate of drug-likeness (QED) is 0.395. The number of thioether (sulfide) groups is 1. The summed E-state index contributed by atoms with van der Waals surface area (Å²) in [5.41, 5.74) is 5.41. The second-order valence-corrected chi connectivity index (χ2v) is 8.80. The van der Waals surface area contributed by atoms with Crippen molar-refractivity contribution in [1.29, 1.82) is 0 Å². The molecule has 7 heteroatoms. The molecule has 0 aliphatic carbocycles. The Morgan fingerprint density at radius 3 is 2.80 bits per heavy atom. The zero-order valence-corrected chi connectivity index (χ0v) is 18.5. The number of aromatic nitrogens is 3. The number of amides is 1. The third-order valence-electron chi connectivity index (χ3n) is 4.76. The topological polar surface area (TPSA) is 59.8 Å². The first-order valence-corrected chi connectivity index (χ1v) is 11.5. The zero-order chi connectivity index (χ0) is 20.9. The van der Waals surface area contributed by atoms with Crippen LogP contribution in [0.1, 0.15) is 21.8 Å². The number of benzene rings is 2. The van der Waals surface area contributed by atoms with Gasteiger partial charge >= 0.3 is 0 Å². The fraction of sp³-hybridized carbons (Fsp3) is 0.174. The molecule has 5 nitrogen and oxygen atoms in total. The fourth-order valence-electron chi connectivity index (χ4n) is 3.08. The summed E-state index contributed by atoms with van der Waals surface area (Å²) in [6.07, 6.45) is 4.09. The standard InChI is InChI=1S/C23H22N4OS2/c1-16-7-6-10-20(17(16)2)27-12-11-24-23(27)30-15-19-14-29-22(26-19)13-21(28)25-18-8-4-3-5-9-18/h3-12,14H,13,15H2,1-2H3,(H,25,28). The first-order chi connectivity index (χ1) is 14.6. The number of anilines is 1. The Morgan fingerprint density at radius 1 is 1.13 bits per heavy atom. The van der Waals surface area contributed by atoms with Gasteiger partial charge in [-0.2, -0.15) is 0 Å². The van der Waals surface area contributed by atoms with Gasteiger partial charge in [0.15, 0.2) is 5.16 Å². The van der Waals surface area contributed by atoms with Gasteiger partial charge in [-0.3, -0.25) is 9.36 Å². The molecule has 0 saturated carbocycles. The Labute approximate surface area is 184 Å². The van der Waals surface area contributed by atoms with E-state index in [1.54, 1.807) is 11.8 Å². The summed E-state index contributed by atoms with van der Waals surface area (Å²) in [6.45, 7) is 4.25. The van der Waals surface area contributed by atoms with Gasteiger partial charge in [0.2, 0.25) is 5.91 Å². The van der Waals surface area contributed by atoms with E-state index in [1.807, 2.05) is 48.1 Å². The maximum atomic E-state index is 12.2. The average molecular weight is 435 g/mol. The van der Waals surface area contributed by atoms with E-state index in [0.717, 1.165) is 27.2 Å². The number of nitrogens with zero attached hydrogens (tertiary/aromatic N) is 3. The van der Waals surface area contributed by atoms with Crippen LogP contribution in [0.2, 0.25) is 0 Å². The van der Waals surface area contributed by atoms with Gasteiger partial charge in [-0.25, -0.2) is 9.97 Å². The van der Waals surface area contributed by atoms with E-state index < -0.39 is 0 Å². The fourth-order valence-corrected chi connectivity index (χ4v) is 4.83. The molecule has 2 heterocycles. The smallest absolute Gasteiger partial charge is 0.231 e. The molecule has 0 atom stereocenters. The van der Waals surface area contributed by atoms with E-state index >= 15 is 0 Å². The van der Waals surface area contributed by atoms with Crippen LogP contribution in [0, 0.1) is 13.8 Å². The molecule has 1 amide bonds. The number of carbonyl (C=O) groups is 1. The maximum Gasteiger partial charge on any atom is 0.231 e. The van der Waals surface area contributed by atoms with Crippen LogP contribution in [0.25, 0.3) is 5.69 Å². The molecule has 152 valence electrons. The molecule has 4 rings (SSSR count). The summed E-state index contributed by atoms with van der Waals surface area (Å²) in [5, 5.41) is 6.66. The number of thiazole rings is 1. The predicted molar refractivity (Wildman–Crippen MR) is 123 cm³/mol. The van der Waals surface area contributed by atoms with Gasteiger partial charge in [0.05, 0.1) is 17.8 Å². The van der Waals surface area contributed by atoms with Gasteiger partial charge in [-0.05, 0) is 43.2 Å². The van der Waals surface area contributed by atoms with Crippen molar-refractivity contribution in [3.05, 3.63) is 88.1 Å². The molecular formula is C23H22N4OS2. The van der Waals surface area contributed by atoms with Crippen LogP contribution in [0.5, 0.6) is 0 Å². The first-order valence-electron chi connectivity index (χ1n) is 9.61.